The number of hydrogen-bond donors (Lipinski definition) is 1. The van der Waals surface area contributed by atoms with Gasteiger partial charge in [-0.2, -0.15) is 0 Å². The van der Waals surface area contributed by atoms with E-state index in [1.807, 2.05) is 12.3 Å². The van der Waals surface area contributed by atoms with Crippen molar-refractivity contribution in [3.8, 4) is 5.75 Å². The van der Waals surface area contributed by atoms with Gasteiger partial charge in [0, 0.05) is 22.9 Å². The minimum Gasteiger partial charge on any atom is -0.496 e. The summed E-state index contributed by atoms with van der Waals surface area (Å²) in [5.74, 6) is 0.350. The van der Waals surface area contributed by atoms with Crippen LogP contribution in [0, 0.1) is 6.92 Å². The number of amides is 1. The summed E-state index contributed by atoms with van der Waals surface area (Å²) < 4.78 is 5.19. The molecule has 0 spiro atoms. The molecule has 110 valence electrons. The molecule has 5 nitrogen and oxygen atoms in total. The fraction of sp³-hybridized carbons (Fsp3) is 0.267. The van der Waals surface area contributed by atoms with Crippen LogP contribution < -0.4 is 10.1 Å². The van der Waals surface area contributed by atoms with Gasteiger partial charge in [0.15, 0.2) is 0 Å². The molecule has 1 amide bonds. The molecule has 0 bridgehead atoms. The van der Waals surface area contributed by atoms with Gasteiger partial charge in [-0.1, -0.05) is 6.07 Å². The lowest BCUT2D eigenvalue weighted by Crippen LogP contribution is -2.38. The summed E-state index contributed by atoms with van der Waals surface area (Å²) in [6.45, 7) is 1.81. The van der Waals surface area contributed by atoms with E-state index >= 15 is 0 Å². The first-order chi connectivity index (χ1) is 10.2. The van der Waals surface area contributed by atoms with E-state index in [9.17, 15) is 9.59 Å². The highest BCUT2D eigenvalue weighted by atomic mass is 32.1. The van der Waals surface area contributed by atoms with E-state index in [1.54, 1.807) is 30.8 Å². The third-order valence-corrected chi connectivity index (χ3v) is 3.78. The van der Waals surface area contributed by atoms with Crippen LogP contribution in [0.5, 0.6) is 5.75 Å². The van der Waals surface area contributed by atoms with E-state index in [0.29, 0.717) is 17.7 Å². The number of carbonyl (C=O) groups is 2. The Kier molecular flexibility index (Phi) is 5.05. The smallest absolute Gasteiger partial charge is 0.252 e. The highest BCUT2D eigenvalue weighted by Gasteiger charge is 2.17. The molecule has 0 saturated heterocycles. The van der Waals surface area contributed by atoms with E-state index in [0.717, 1.165) is 17.5 Å². The zero-order valence-corrected chi connectivity index (χ0v) is 12.6. The van der Waals surface area contributed by atoms with E-state index in [-0.39, 0.29) is 5.91 Å². The summed E-state index contributed by atoms with van der Waals surface area (Å²) in [7, 11) is 1.56. The first-order valence-electron chi connectivity index (χ1n) is 6.42. The van der Waals surface area contributed by atoms with Crippen molar-refractivity contribution < 1.29 is 14.3 Å². The quantitative estimate of drug-likeness (QED) is 0.829. The van der Waals surface area contributed by atoms with E-state index in [2.05, 4.69) is 10.3 Å². The van der Waals surface area contributed by atoms with Gasteiger partial charge < -0.3 is 14.8 Å². The van der Waals surface area contributed by atoms with Crippen molar-refractivity contribution in [2.45, 2.75) is 19.4 Å². The number of nitrogens with one attached hydrogen (secondary N) is 1. The lowest BCUT2D eigenvalue weighted by Gasteiger charge is -2.14. The summed E-state index contributed by atoms with van der Waals surface area (Å²) in [4.78, 5) is 27.5. The molecule has 0 radical (unpaired) electrons. The Hall–Kier alpha value is -2.21. The average Bonchev–Trinajstić information content (AvgIpc) is 2.99. The standard InChI is InChI=1S/C15H16N2O3S/c1-10-13(4-3-5-14(10)20-2)15(19)17-11(7-18)6-12-8-21-9-16-12/h3-5,7-9,11H,6H2,1-2H3,(H,17,19)/t11-/m0/s1. The summed E-state index contributed by atoms with van der Waals surface area (Å²) in [6.07, 6.45) is 1.12. The maximum absolute atomic E-state index is 12.3. The molecule has 1 N–H and O–H groups in total. The van der Waals surface area contributed by atoms with Crippen molar-refractivity contribution in [2.75, 3.05) is 7.11 Å². The second-order valence-corrected chi connectivity index (χ2v) is 5.25. The minimum atomic E-state index is -0.592. The second kappa shape index (κ2) is 6.99. The normalized spacial score (nSPS) is 11.7. The zero-order chi connectivity index (χ0) is 15.2. The average molecular weight is 304 g/mol. The van der Waals surface area contributed by atoms with Crippen LogP contribution in [0.2, 0.25) is 0 Å². The van der Waals surface area contributed by atoms with Crippen molar-refractivity contribution >= 4 is 23.5 Å². The topological polar surface area (TPSA) is 68.3 Å². The predicted molar refractivity (Wildman–Crippen MR) is 80.9 cm³/mol. The van der Waals surface area contributed by atoms with Gasteiger partial charge in [0.2, 0.25) is 0 Å². The van der Waals surface area contributed by atoms with Gasteiger partial charge in [-0.3, -0.25) is 4.79 Å². The number of benzene rings is 1. The Morgan fingerprint density at radius 2 is 2.33 bits per heavy atom. The highest BCUT2D eigenvalue weighted by Crippen LogP contribution is 2.20. The number of carbonyl (C=O) groups excluding carboxylic acids is 2. The van der Waals surface area contributed by atoms with Gasteiger partial charge in [0.05, 0.1) is 24.4 Å². The van der Waals surface area contributed by atoms with Crippen molar-refractivity contribution in [2.24, 2.45) is 0 Å². The number of thiazole rings is 1. The molecular formula is C15H16N2O3S. The fourth-order valence-corrected chi connectivity index (χ4v) is 2.60. The Bertz CT molecular complexity index is 626. The number of nitrogens with zero attached hydrogens (tertiary/aromatic N) is 1. The van der Waals surface area contributed by atoms with Crippen LogP contribution in [-0.4, -0.2) is 30.3 Å². The lowest BCUT2D eigenvalue weighted by atomic mass is 10.1. The van der Waals surface area contributed by atoms with Crippen LogP contribution in [0.3, 0.4) is 0 Å². The number of hydrogen-bond acceptors (Lipinski definition) is 5. The highest BCUT2D eigenvalue weighted by molar-refractivity contribution is 7.07. The maximum atomic E-state index is 12.3. The SMILES string of the molecule is COc1cccc(C(=O)N[C@H](C=O)Cc2cscn2)c1C. The third kappa shape index (κ3) is 3.66. The molecule has 0 aliphatic rings. The number of aldehydes is 1. The molecule has 1 atom stereocenters. The Morgan fingerprint density at radius 1 is 1.52 bits per heavy atom. The second-order valence-electron chi connectivity index (χ2n) is 4.53. The van der Waals surface area contributed by atoms with Crippen LogP contribution in [-0.2, 0) is 11.2 Å². The predicted octanol–water partition coefficient (Wildman–Crippen LogP) is 2.00. The molecule has 21 heavy (non-hydrogen) atoms. The van der Waals surface area contributed by atoms with Gasteiger partial charge in [-0.05, 0) is 19.1 Å². The van der Waals surface area contributed by atoms with Crippen LogP contribution >= 0.6 is 11.3 Å². The molecule has 0 saturated carbocycles. The molecule has 6 heteroatoms. The monoisotopic (exact) mass is 304 g/mol. The Balaban J connectivity index is 2.11. The van der Waals surface area contributed by atoms with Gasteiger partial charge in [-0.25, -0.2) is 4.98 Å². The summed E-state index contributed by atoms with van der Waals surface area (Å²) in [6, 6.07) is 4.65. The van der Waals surface area contributed by atoms with Crippen molar-refractivity contribution in [1.82, 2.24) is 10.3 Å². The molecule has 2 aromatic rings. The first kappa shape index (κ1) is 15.2. The van der Waals surface area contributed by atoms with Crippen LogP contribution in [0.1, 0.15) is 21.6 Å². The molecule has 0 unspecified atom stereocenters. The molecule has 0 fully saturated rings. The van der Waals surface area contributed by atoms with Gasteiger partial charge in [0.1, 0.15) is 12.0 Å². The lowest BCUT2D eigenvalue weighted by molar-refractivity contribution is -0.109. The Labute approximate surface area is 127 Å². The van der Waals surface area contributed by atoms with E-state index in [4.69, 9.17) is 4.74 Å². The van der Waals surface area contributed by atoms with Crippen molar-refractivity contribution in [3.05, 3.63) is 45.9 Å². The van der Waals surface area contributed by atoms with Crippen LogP contribution in [0.4, 0.5) is 0 Å². The molecule has 1 aromatic heterocycles. The van der Waals surface area contributed by atoms with Crippen LogP contribution in [0.15, 0.2) is 29.1 Å². The number of aromatic nitrogens is 1. The van der Waals surface area contributed by atoms with Gasteiger partial charge in [0.25, 0.3) is 5.91 Å². The third-order valence-electron chi connectivity index (χ3n) is 3.14. The Morgan fingerprint density at radius 3 is 2.95 bits per heavy atom. The van der Waals surface area contributed by atoms with Gasteiger partial charge in [-0.15, -0.1) is 11.3 Å². The van der Waals surface area contributed by atoms with E-state index in [1.165, 1.54) is 11.3 Å². The summed E-state index contributed by atoms with van der Waals surface area (Å²) in [5.41, 5.74) is 3.74. The largest absolute Gasteiger partial charge is 0.496 e. The molecule has 1 aromatic carbocycles. The fourth-order valence-electron chi connectivity index (χ4n) is 2.02. The maximum Gasteiger partial charge on any atom is 0.252 e. The first-order valence-corrected chi connectivity index (χ1v) is 7.36. The zero-order valence-electron chi connectivity index (χ0n) is 11.8. The summed E-state index contributed by atoms with van der Waals surface area (Å²) in [5, 5.41) is 4.58. The van der Waals surface area contributed by atoms with Gasteiger partial charge >= 0.3 is 0 Å². The van der Waals surface area contributed by atoms with E-state index < -0.39 is 6.04 Å². The minimum absolute atomic E-state index is 0.293. The number of rotatable bonds is 6. The molecule has 0 aliphatic carbocycles. The molecule has 1 heterocycles. The van der Waals surface area contributed by atoms with Crippen molar-refractivity contribution in [1.29, 1.82) is 0 Å². The molecule has 2 rings (SSSR count). The number of methoxy groups -OCH3 is 1. The summed E-state index contributed by atoms with van der Waals surface area (Å²) >= 11 is 1.46. The number of ether oxygens (including phenoxy) is 1. The molecule has 0 aliphatic heterocycles. The van der Waals surface area contributed by atoms with Crippen molar-refractivity contribution in [3.63, 3.8) is 0 Å². The molecular weight excluding hydrogens is 288 g/mol. The van der Waals surface area contributed by atoms with Crippen LogP contribution in [0.25, 0.3) is 0 Å².